The minimum Gasteiger partial charge on any atom is -0.423 e. The maximum absolute atomic E-state index is 13.5. The summed E-state index contributed by atoms with van der Waals surface area (Å²) < 4.78 is 24.2. The molecule has 0 bridgehead atoms. The van der Waals surface area contributed by atoms with E-state index in [1.54, 1.807) is 24.3 Å². The molecule has 0 spiro atoms. The van der Waals surface area contributed by atoms with Crippen LogP contribution in [0.25, 0.3) is 0 Å². The number of hydrogen-bond donors (Lipinski definition) is 1. The zero-order chi connectivity index (χ0) is 16.8. The van der Waals surface area contributed by atoms with Crippen LogP contribution in [0, 0.1) is 0 Å². The molecule has 3 aromatic rings. The van der Waals surface area contributed by atoms with Crippen molar-refractivity contribution in [2.45, 2.75) is 5.66 Å². The Morgan fingerprint density at radius 3 is 1.54 bits per heavy atom. The number of nitrogens with two attached hydrogens (primary N) is 1. The van der Waals surface area contributed by atoms with Gasteiger partial charge < -0.3 is 4.52 Å². The molecule has 0 amide bonds. The van der Waals surface area contributed by atoms with E-state index < -0.39 is 13.3 Å². The Hall–Kier alpha value is -2.39. The molecule has 0 saturated heterocycles. The molecule has 1 unspecified atom stereocenters. The van der Waals surface area contributed by atoms with E-state index in [1.165, 1.54) is 0 Å². The highest BCUT2D eigenvalue weighted by molar-refractivity contribution is 7.54. The van der Waals surface area contributed by atoms with E-state index >= 15 is 0 Å². The van der Waals surface area contributed by atoms with Crippen LogP contribution in [-0.4, -0.2) is 0 Å². The first-order valence-electron chi connectivity index (χ1n) is 7.56. The lowest BCUT2D eigenvalue weighted by Gasteiger charge is -2.26. The van der Waals surface area contributed by atoms with Gasteiger partial charge in [-0.2, -0.15) is 0 Å². The van der Waals surface area contributed by atoms with Crippen molar-refractivity contribution in [3.63, 3.8) is 0 Å². The summed E-state index contributed by atoms with van der Waals surface area (Å²) in [7, 11) is -3.70. The molecule has 1 atom stereocenters. The third kappa shape index (κ3) is 3.57. The standard InChI is InChI=1S/C19H18NO3P/c20-23-24(21,22-18-14-8-3-9-15-18)19(16-10-4-1-5-11-16)17-12-6-2-7-13-17/h1-15,19H,20H2. The second kappa shape index (κ2) is 7.45. The van der Waals surface area contributed by atoms with Crippen LogP contribution in [0.4, 0.5) is 0 Å². The predicted octanol–water partition coefficient (Wildman–Crippen LogP) is 4.94. The van der Waals surface area contributed by atoms with Gasteiger partial charge in [-0.25, -0.2) is 15.1 Å². The largest absolute Gasteiger partial charge is 0.423 e. The molecule has 5 heteroatoms. The van der Waals surface area contributed by atoms with Gasteiger partial charge in [-0.1, -0.05) is 78.9 Å². The highest BCUT2D eigenvalue weighted by Crippen LogP contribution is 2.62. The Balaban J connectivity index is 2.07. The number of para-hydroxylation sites is 1. The molecule has 0 aromatic heterocycles. The van der Waals surface area contributed by atoms with Crippen molar-refractivity contribution in [1.29, 1.82) is 0 Å². The first kappa shape index (κ1) is 16.5. The molecule has 0 heterocycles. The zero-order valence-corrected chi connectivity index (χ0v) is 13.9. The van der Waals surface area contributed by atoms with E-state index in [2.05, 4.69) is 0 Å². The van der Waals surface area contributed by atoms with Crippen molar-refractivity contribution in [3.05, 3.63) is 102 Å². The predicted molar refractivity (Wildman–Crippen MR) is 94.7 cm³/mol. The van der Waals surface area contributed by atoms with Gasteiger partial charge in [0.05, 0.1) is 0 Å². The van der Waals surface area contributed by atoms with E-state index in [0.29, 0.717) is 5.75 Å². The number of benzene rings is 3. The fourth-order valence-corrected chi connectivity index (χ4v) is 4.35. The Kier molecular flexibility index (Phi) is 5.11. The third-order valence-electron chi connectivity index (χ3n) is 3.67. The van der Waals surface area contributed by atoms with Crippen molar-refractivity contribution < 1.29 is 13.7 Å². The van der Waals surface area contributed by atoms with Crippen molar-refractivity contribution in [2.24, 2.45) is 5.90 Å². The quantitative estimate of drug-likeness (QED) is 0.510. The molecule has 0 aliphatic carbocycles. The molecule has 0 aliphatic rings. The van der Waals surface area contributed by atoms with Crippen LogP contribution >= 0.6 is 7.60 Å². The molecule has 122 valence electrons. The molecule has 24 heavy (non-hydrogen) atoms. The minimum atomic E-state index is -3.70. The first-order chi connectivity index (χ1) is 11.7. The Bertz CT molecular complexity index is 770. The van der Waals surface area contributed by atoms with Crippen LogP contribution in [0.2, 0.25) is 0 Å². The van der Waals surface area contributed by atoms with Gasteiger partial charge in [0.25, 0.3) is 0 Å². The molecule has 0 saturated carbocycles. The zero-order valence-electron chi connectivity index (χ0n) is 13.0. The van der Waals surface area contributed by atoms with E-state index in [9.17, 15) is 4.57 Å². The van der Waals surface area contributed by atoms with Gasteiger partial charge in [0.15, 0.2) is 0 Å². The topological polar surface area (TPSA) is 61.5 Å². The monoisotopic (exact) mass is 339 g/mol. The number of hydrogen-bond acceptors (Lipinski definition) is 4. The van der Waals surface area contributed by atoms with Gasteiger partial charge in [0.2, 0.25) is 0 Å². The van der Waals surface area contributed by atoms with Crippen molar-refractivity contribution >= 4 is 7.60 Å². The van der Waals surface area contributed by atoms with E-state index in [-0.39, 0.29) is 0 Å². The van der Waals surface area contributed by atoms with Gasteiger partial charge >= 0.3 is 7.60 Å². The summed E-state index contributed by atoms with van der Waals surface area (Å²) in [6.07, 6.45) is 0. The Labute approximate surface area is 141 Å². The smallest absolute Gasteiger partial charge is 0.407 e. The van der Waals surface area contributed by atoms with Crippen LogP contribution in [-0.2, 0) is 9.19 Å². The summed E-state index contributed by atoms with van der Waals surface area (Å²) >= 11 is 0. The highest BCUT2D eigenvalue weighted by Gasteiger charge is 2.39. The van der Waals surface area contributed by atoms with Crippen LogP contribution < -0.4 is 10.4 Å². The van der Waals surface area contributed by atoms with E-state index in [1.807, 2.05) is 66.7 Å². The molecule has 0 radical (unpaired) electrons. The molecular weight excluding hydrogens is 321 g/mol. The summed E-state index contributed by atoms with van der Waals surface area (Å²) in [5.74, 6) is 5.89. The van der Waals surface area contributed by atoms with Crippen LogP contribution in [0.15, 0.2) is 91.0 Å². The van der Waals surface area contributed by atoms with Crippen molar-refractivity contribution in [2.75, 3.05) is 0 Å². The Morgan fingerprint density at radius 2 is 1.12 bits per heavy atom. The summed E-state index contributed by atoms with van der Waals surface area (Å²) in [6.45, 7) is 0. The molecule has 4 nitrogen and oxygen atoms in total. The average molecular weight is 339 g/mol. The Morgan fingerprint density at radius 1 is 0.708 bits per heavy atom. The van der Waals surface area contributed by atoms with Crippen LogP contribution in [0.1, 0.15) is 16.8 Å². The summed E-state index contributed by atoms with van der Waals surface area (Å²) in [4.78, 5) is 0. The first-order valence-corrected chi connectivity index (χ1v) is 9.17. The molecule has 3 aromatic carbocycles. The second-order valence-electron chi connectivity index (χ2n) is 5.27. The minimum absolute atomic E-state index is 0.447. The lowest BCUT2D eigenvalue weighted by Crippen LogP contribution is -2.13. The summed E-state index contributed by atoms with van der Waals surface area (Å²) in [5.41, 5.74) is 1.01. The molecule has 3 rings (SSSR count). The van der Waals surface area contributed by atoms with Crippen molar-refractivity contribution in [1.82, 2.24) is 0 Å². The SMILES string of the molecule is NOP(=O)(Oc1ccccc1)C(c1ccccc1)c1ccccc1. The fraction of sp³-hybridized carbons (Fsp3) is 0.0526. The summed E-state index contributed by atoms with van der Waals surface area (Å²) in [5, 5.41) is 0. The van der Waals surface area contributed by atoms with E-state index in [0.717, 1.165) is 11.1 Å². The van der Waals surface area contributed by atoms with Crippen LogP contribution in [0.5, 0.6) is 5.75 Å². The average Bonchev–Trinajstić information content (AvgIpc) is 2.64. The number of rotatable bonds is 6. The van der Waals surface area contributed by atoms with Gasteiger partial charge in [0.1, 0.15) is 11.4 Å². The van der Waals surface area contributed by atoms with Gasteiger partial charge in [-0.15, -0.1) is 0 Å². The maximum Gasteiger partial charge on any atom is 0.407 e. The molecule has 2 N–H and O–H groups in total. The lowest BCUT2D eigenvalue weighted by atomic mass is 10.0. The van der Waals surface area contributed by atoms with Crippen molar-refractivity contribution in [3.8, 4) is 5.75 Å². The van der Waals surface area contributed by atoms with E-state index in [4.69, 9.17) is 15.0 Å². The maximum atomic E-state index is 13.5. The third-order valence-corrected chi connectivity index (χ3v) is 5.66. The van der Waals surface area contributed by atoms with Gasteiger partial charge in [-0.05, 0) is 23.3 Å². The van der Waals surface area contributed by atoms with Gasteiger partial charge in [0, 0.05) is 0 Å². The highest BCUT2D eigenvalue weighted by atomic mass is 31.2. The molecule has 0 aliphatic heterocycles. The molecule has 0 fully saturated rings. The summed E-state index contributed by atoms with van der Waals surface area (Å²) in [6, 6.07) is 27.8. The fourth-order valence-electron chi connectivity index (χ4n) is 2.59. The molecular formula is C19H18NO3P. The second-order valence-corrected chi connectivity index (χ2v) is 7.26. The van der Waals surface area contributed by atoms with Crippen LogP contribution in [0.3, 0.4) is 0 Å². The lowest BCUT2D eigenvalue weighted by molar-refractivity contribution is 0.268. The van der Waals surface area contributed by atoms with Gasteiger partial charge in [-0.3, -0.25) is 0 Å². The normalized spacial score (nSPS) is 13.4.